The summed E-state index contributed by atoms with van der Waals surface area (Å²) < 4.78 is 10.2. The lowest BCUT2D eigenvalue weighted by Crippen LogP contribution is -2.08. The summed E-state index contributed by atoms with van der Waals surface area (Å²) in [6, 6.07) is 10.3. The summed E-state index contributed by atoms with van der Waals surface area (Å²) in [4.78, 5) is 23.7. The van der Waals surface area contributed by atoms with Crippen LogP contribution in [0.1, 0.15) is 21.5 Å². The molecule has 0 aliphatic heterocycles. The van der Waals surface area contributed by atoms with Gasteiger partial charge in [0.25, 0.3) is 0 Å². The minimum atomic E-state index is -0.698. The van der Waals surface area contributed by atoms with Crippen molar-refractivity contribution in [1.29, 1.82) is 0 Å². The van der Waals surface area contributed by atoms with Crippen LogP contribution < -0.4 is 5.63 Å². The van der Waals surface area contributed by atoms with Crippen molar-refractivity contribution in [1.82, 2.24) is 0 Å². The Labute approximate surface area is 136 Å². The van der Waals surface area contributed by atoms with Crippen molar-refractivity contribution in [3.63, 3.8) is 0 Å². The highest BCUT2D eigenvalue weighted by molar-refractivity contribution is 5.93. The molecule has 0 saturated carbocycles. The molecule has 6 heteroatoms. The van der Waals surface area contributed by atoms with Gasteiger partial charge in [-0.1, -0.05) is 12.1 Å². The van der Waals surface area contributed by atoms with E-state index in [1.807, 2.05) is 0 Å². The fourth-order valence-electron chi connectivity index (χ4n) is 2.38. The molecule has 0 aliphatic rings. The van der Waals surface area contributed by atoms with Crippen molar-refractivity contribution >= 4 is 16.9 Å². The van der Waals surface area contributed by atoms with E-state index in [-0.39, 0.29) is 29.3 Å². The molecule has 0 bridgehead atoms. The highest BCUT2D eigenvalue weighted by Crippen LogP contribution is 2.24. The highest BCUT2D eigenvalue weighted by atomic mass is 16.5. The smallest absolute Gasteiger partial charge is 0.342 e. The standard InChI is InChI=1S/C18H14O6/c1-10-3-2-4-14(17(10)21)18(22)23-9-11-7-16(20)24-15-8-12(19)5-6-13(11)15/h2-8,19,21H,9H2,1H3. The quantitative estimate of drug-likeness (QED) is 0.567. The summed E-state index contributed by atoms with van der Waals surface area (Å²) in [6.07, 6.45) is 0. The third-order valence-corrected chi connectivity index (χ3v) is 3.63. The Bertz CT molecular complexity index is 986. The van der Waals surface area contributed by atoms with Crippen molar-refractivity contribution < 1.29 is 24.2 Å². The minimum Gasteiger partial charge on any atom is -0.508 e. The summed E-state index contributed by atoms with van der Waals surface area (Å²) in [6.45, 7) is 1.51. The molecule has 1 heterocycles. The van der Waals surface area contributed by atoms with E-state index in [1.165, 1.54) is 24.3 Å². The first-order valence-corrected chi connectivity index (χ1v) is 7.17. The third kappa shape index (κ3) is 2.94. The molecule has 0 atom stereocenters. The summed E-state index contributed by atoms with van der Waals surface area (Å²) >= 11 is 0. The molecule has 2 N–H and O–H groups in total. The zero-order valence-corrected chi connectivity index (χ0v) is 12.8. The third-order valence-electron chi connectivity index (χ3n) is 3.63. The molecule has 0 fully saturated rings. The zero-order valence-electron chi connectivity index (χ0n) is 12.8. The predicted octanol–water partition coefficient (Wildman–Crippen LogP) is 2.87. The molecule has 0 unspecified atom stereocenters. The Hall–Kier alpha value is -3.28. The van der Waals surface area contributed by atoms with Gasteiger partial charge >= 0.3 is 11.6 Å². The van der Waals surface area contributed by atoms with Gasteiger partial charge in [-0.25, -0.2) is 9.59 Å². The van der Waals surface area contributed by atoms with Gasteiger partial charge in [0.2, 0.25) is 0 Å². The maximum Gasteiger partial charge on any atom is 0.342 e. The van der Waals surface area contributed by atoms with Gasteiger partial charge < -0.3 is 19.4 Å². The number of benzene rings is 2. The zero-order chi connectivity index (χ0) is 17.3. The van der Waals surface area contributed by atoms with E-state index in [9.17, 15) is 19.8 Å². The van der Waals surface area contributed by atoms with Crippen LogP contribution in [0.4, 0.5) is 0 Å². The molecule has 0 amide bonds. The van der Waals surface area contributed by atoms with E-state index < -0.39 is 11.6 Å². The van der Waals surface area contributed by atoms with Crippen LogP contribution in [0.2, 0.25) is 0 Å². The van der Waals surface area contributed by atoms with E-state index in [1.54, 1.807) is 25.1 Å². The predicted molar refractivity (Wildman–Crippen MR) is 86.1 cm³/mol. The largest absolute Gasteiger partial charge is 0.508 e. The van der Waals surface area contributed by atoms with Crippen LogP contribution in [0, 0.1) is 6.92 Å². The molecule has 6 nitrogen and oxygen atoms in total. The van der Waals surface area contributed by atoms with E-state index in [0.717, 1.165) is 0 Å². The highest BCUT2D eigenvalue weighted by Gasteiger charge is 2.15. The molecule has 24 heavy (non-hydrogen) atoms. The van der Waals surface area contributed by atoms with Gasteiger partial charge in [-0.15, -0.1) is 0 Å². The average molecular weight is 326 g/mol. The first-order chi connectivity index (χ1) is 11.5. The monoisotopic (exact) mass is 326 g/mol. The number of hydrogen-bond donors (Lipinski definition) is 2. The van der Waals surface area contributed by atoms with Crippen LogP contribution in [0.15, 0.2) is 51.7 Å². The SMILES string of the molecule is Cc1cccc(C(=O)OCc2cc(=O)oc3cc(O)ccc23)c1O. The Morgan fingerprint density at radius 2 is 1.96 bits per heavy atom. The van der Waals surface area contributed by atoms with Crippen LogP contribution in [-0.2, 0) is 11.3 Å². The molecular weight excluding hydrogens is 312 g/mol. The molecule has 0 spiro atoms. The van der Waals surface area contributed by atoms with Gasteiger partial charge in [0, 0.05) is 23.1 Å². The Morgan fingerprint density at radius 1 is 1.17 bits per heavy atom. The molecule has 0 aliphatic carbocycles. The lowest BCUT2D eigenvalue weighted by atomic mass is 10.1. The number of fused-ring (bicyclic) bond motifs is 1. The van der Waals surface area contributed by atoms with Gasteiger partial charge in [-0.2, -0.15) is 0 Å². The van der Waals surface area contributed by atoms with Gasteiger partial charge in [0.05, 0.1) is 0 Å². The van der Waals surface area contributed by atoms with E-state index in [0.29, 0.717) is 16.5 Å². The van der Waals surface area contributed by atoms with Crippen LogP contribution in [-0.4, -0.2) is 16.2 Å². The summed E-state index contributed by atoms with van der Waals surface area (Å²) in [7, 11) is 0. The van der Waals surface area contributed by atoms with Crippen molar-refractivity contribution in [2.45, 2.75) is 13.5 Å². The molecular formula is C18H14O6. The number of hydrogen-bond acceptors (Lipinski definition) is 6. The van der Waals surface area contributed by atoms with Crippen LogP contribution in [0.5, 0.6) is 11.5 Å². The number of phenolic OH excluding ortho intramolecular Hbond substituents is 2. The topological polar surface area (TPSA) is 97.0 Å². The van der Waals surface area contributed by atoms with Gasteiger partial charge in [-0.3, -0.25) is 0 Å². The van der Waals surface area contributed by atoms with Gasteiger partial charge in [0.1, 0.15) is 29.3 Å². The van der Waals surface area contributed by atoms with Gasteiger partial charge in [-0.05, 0) is 30.7 Å². The first-order valence-electron chi connectivity index (χ1n) is 7.17. The van der Waals surface area contributed by atoms with Gasteiger partial charge in [0.15, 0.2) is 0 Å². The van der Waals surface area contributed by atoms with Crippen LogP contribution in [0.3, 0.4) is 0 Å². The number of rotatable bonds is 3. The minimum absolute atomic E-state index is 0.0375. The lowest BCUT2D eigenvalue weighted by Gasteiger charge is -2.09. The Balaban J connectivity index is 1.89. The Morgan fingerprint density at radius 3 is 2.75 bits per heavy atom. The number of phenols is 2. The summed E-state index contributed by atoms with van der Waals surface area (Å²) in [5.41, 5.74) is 0.650. The number of aromatic hydroxyl groups is 2. The maximum absolute atomic E-state index is 12.1. The maximum atomic E-state index is 12.1. The number of para-hydroxylation sites is 1. The lowest BCUT2D eigenvalue weighted by molar-refractivity contribution is 0.0470. The van der Waals surface area contributed by atoms with Crippen molar-refractivity contribution in [2.75, 3.05) is 0 Å². The second-order valence-corrected chi connectivity index (χ2v) is 5.32. The number of carbonyl (C=O) groups is 1. The Kier molecular flexibility index (Phi) is 3.95. The van der Waals surface area contributed by atoms with E-state index >= 15 is 0 Å². The second-order valence-electron chi connectivity index (χ2n) is 5.32. The van der Waals surface area contributed by atoms with Crippen LogP contribution in [0.25, 0.3) is 11.0 Å². The van der Waals surface area contributed by atoms with Crippen molar-refractivity contribution in [2.24, 2.45) is 0 Å². The number of aryl methyl sites for hydroxylation is 1. The molecule has 0 radical (unpaired) electrons. The first kappa shape index (κ1) is 15.6. The second kappa shape index (κ2) is 6.08. The summed E-state index contributed by atoms with van der Waals surface area (Å²) in [5, 5.41) is 19.9. The molecule has 122 valence electrons. The van der Waals surface area contributed by atoms with Crippen molar-refractivity contribution in [3.8, 4) is 11.5 Å². The van der Waals surface area contributed by atoms with E-state index in [4.69, 9.17) is 9.15 Å². The molecule has 3 aromatic rings. The molecule has 0 saturated heterocycles. The van der Waals surface area contributed by atoms with E-state index in [2.05, 4.69) is 0 Å². The number of carbonyl (C=O) groups excluding carboxylic acids is 1. The fraction of sp³-hybridized carbons (Fsp3) is 0.111. The van der Waals surface area contributed by atoms with Crippen LogP contribution >= 0.6 is 0 Å². The average Bonchev–Trinajstić information content (AvgIpc) is 2.54. The molecule has 1 aromatic heterocycles. The fourth-order valence-corrected chi connectivity index (χ4v) is 2.38. The van der Waals surface area contributed by atoms with Crippen molar-refractivity contribution in [3.05, 3.63) is 69.6 Å². The molecule has 3 rings (SSSR count). The normalized spacial score (nSPS) is 10.7. The molecule has 2 aromatic carbocycles. The summed E-state index contributed by atoms with van der Waals surface area (Å²) in [5.74, 6) is -0.870. The number of ether oxygens (including phenoxy) is 1. The number of esters is 1.